The fourth-order valence-corrected chi connectivity index (χ4v) is 1.27. The van der Waals surface area contributed by atoms with Gasteiger partial charge in [0, 0.05) is 12.4 Å². The molecule has 0 N–H and O–H groups in total. The van der Waals surface area contributed by atoms with Crippen molar-refractivity contribution in [1.29, 1.82) is 0 Å². The van der Waals surface area contributed by atoms with Gasteiger partial charge in [0.2, 0.25) is 0 Å². The summed E-state index contributed by atoms with van der Waals surface area (Å²) in [7, 11) is 0. The lowest BCUT2D eigenvalue weighted by Gasteiger charge is -2.22. The van der Waals surface area contributed by atoms with Gasteiger partial charge in [0.05, 0.1) is 0 Å². The molecule has 2 aliphatic heterocycles. The van der Waals surface area contributed by atoms with Gasteiger partial charge in [-0.15, -0.1) is 0 Å². The Bertz CT molecular complexity index is 273. The molecule has 2 rings (SSSR count). The lowest BCUT2D eigenvalue weighted by Crippen LogP contribution is -2.30. The molecule has 0 saturated carbocycles. The van der Waals surface area contributed by atoms with Crippen LogP contribution >= 0.6 is 0 Å². The molecule has 0 aromatic heterocycles. The van der Waals surface area contributed by atoms with Gasteiger partial charge < -0.3 is 0 Å². The molecule has 0 fully saturated rings. The number of fused-ring (bicyclic) bond motifs is 1. The highest BCUT2D eigenvalue weighted by molar-refractivity contribution is 5.85. The average molecular weight is 147 g/mol. The van der Waals surface area contributed by atoms with Crippen LogP contribution in [0.2, 0.25) is 0 Å². The Balaban J connectivity index is 2.33. The molecule has 0 spiro atoms. The molecule has 0 aromatic carbocycles. The molecule has 0 aromatic rings. The molecule has 11 heavy (non-hydrogen) atoms. The highest BCUT2D eigenvalue weighted by atomic mass is 15.0. The van der Waals surface area contributed by atoms with E-state index in [0.29, 0.717) is 0 Å². The largest absolute Gasteiger partial charge is 0.282 e. The summed E-state index contributed by atoms with van der Waals surface area (Å²) >= 11 is 0. The van der Waals surface area contributed by atoms with Crippen molar-refractivity contribution >= 4 is 18.8 Å². The van der Waals surface area contributed by atoms with Gasteiger partial charge in [-0.3, -0.25) is 9.98 Å². The minimum Gasteiger partial charge on any atom is -0.282 e. The van der Waals surface area contributed by atoms with Crippen LogP contribution in [-0.4, -0.2) is 30.9 Å². The smallest absolute Gasteiger partial charge is 0.111 e. The highest BCUT2D eigenvalue weighted by Crippen LogP contribution is 2.16. The third kappa shape index (κ3) is 1.02. The van der Waals surface area contributed by atoms with E-state index < -0.39 is 0 Å². The molecule has 2 atom stereocenters. The van der Waals surface area contributed by atoms with Gasteiger partial charge in [-0.1, -0.05) is 0 Å². The summed E-state index contributed by atoms with van der Waals surface area (Å²) in [6.45, 7) is 2.07. The molecule has 0 bridgehead atoms. The van der Waals surface area contributed by atoms with E-state index in [1.54, 1.807) is 6.34 Å². The molecule has 56 valence electrons. The number of hydrogen-bond acceptors (Lipinski definition) is 3. The Morgan fingerprint density at radius 3 is 3.09 bits per heavy atom. The van der Waals surface area contributed by atoms with Crippen LogP contribution in [0.4, 0.5) is 0 Å². The minimum atomic E-state index is 0.144. The number of allylic oxidation sites excluding steroid dienone is 1. The van der Waals surface area contributed by atoms with Crippen LogP contribution in [0.3, 0.4) is 0 Å². The van der Waals surface area contributed by atoms with Crippen LogP contribution in [0.5, 0.6) is 0 Å². The van der Waals surface area contributed by atoms with Gasteiger partial charge >= 0.3 is 0 Å². The van der Waals surface area contributed by atoms with E-state index in [2.05, 4.69) is 21.9 Å². The van der Waals surface area contributed by atoms with E-state index >= 15 is 0 Å². The average Bonchev–Trinajstić information content (AvgIpc) is 2.06. The maximum atomic E-state index is 4.24. The summed E-state index contributed by atoms with van der Waals surface area (Å²) in [6.07, 6.45) is 7.25. The molecule has 2 aliphatic rings. The van der Waals surface area contributed by atoms with E-state index in [1.165, 1.54) is 5.57 Å². The fourth-order valence-electron chi connectivity index (χ4n) is 1.27. The molecule has 2 heterocycles. The van der Waals surface area contributed by atoms with Gasteiger partial charge in [-0.05, 0) is 18.6 Å². The van der Waals surface area contributed by atoms with Crippen molar-refractivity contribution in [2.45, 2.75) is 19.0 Å². The molecule has 0 radical (unpaired) electrons. The Morgan fingerprint density at radius 2 is 2.27 bits per heavy atom. The third-order valence-electron chi connectivity index (χ3n) is 1.92. The molecular weight excluding hydrogens is 138 g/mol. The predicted octanol–water partition coefficient (Wildman–Crippen LogP) is 0.867. The van der Waals surface area contributed by atoms with E-state index in [0.717, 1.165) is 0 Å². The summed E-state index contributed by atoms with van der Waals surface area (Å²) in [5.74, 6) is 0. The molecule has 0 saturated heterocycles. The summed E-state index contributed by atoms with van der Waals surface area (Å²) in [5, 5.41) is 0. The maximum Gasteiger partial charge on any atom is 0.111 e. The SMILES string of the molecule is CC1=CC=NC2C=NC=NC12. The first-order valence-electron chi connectivity index (χ1n) is 3.63. The minimum absolute atomic E-state index is 0.144. The number of aliphatic imine (C=N–C) groups is 3. The zero-order valence-electron chi connectivity index (χ0n) is 6.31. The summed E-state index contributed by atoms with van der Waals surface area (Å²) in [4.78, 5) is 12.4. The van der Waals surface area contributed by atoms with E-state index in [1.807, 2.05) is 18.5 Å². The second-order valence-corrected chi connectivity index (χ2v) is 2.71. The zero-order chi connectivity index (χ0) is 7.68. The number of rotatable bonds is 0. The predicted molar refractivity (Wildman–Crippen MR) is 46.8 cm³/mol. The zero-order valence-corrected chi connectivity index (χ0v) is 6.31. The number of hydrogen-bond donors (Lipinski definition) is 0. The van der Waals surface area contributed by atoms with Gasteiger partial charge in [0.25, 0.3) is 0 Å². The van der Waals surface area contributed by atoms with Gasteiger partial charge in [0.15, 0.2) is 0 Å². The Hall–Kier alpha value is -1.25. The second-order valence-electron chi connectivity index (χ2n) is 2.71. The van der Waals surface area contributed by atoms with Crippen molar-refractivity contribution in [3.63, 3.8) is 0 Å². The molecule has 3 nitrogen and oxygen atoms in total. The van der Waals surface area contributed by atoms with Crippen LogP contribution in [-0.2, 0) is 0 Å². The molecule has 0 amide bonds. The van der Waals surface area contributed by atoms with Crippen LogP contribution in [0.15, 0.2) is 26.6 Å². The van der Waals surface area contributed by atoms with Crippen molar-refractivity contribution in [3.05, 3.63) is 11.6 Å². The molecule has 3 heteroatoms. The van der Waals surface area contributed by atoms with Crippen LogP contribution in [0.25, 0.3) is 0 Å². The first kappa shape index (κ1) is 6.46. The van der Waals surface area contributed by atoms with Gasteiger partial charge in [-0.2, -0.15) is 0 Å². The Labute approximate surface area is 65.3 Å². The topological polar surface area (TPSA) is 37.1 Å². The molecular formula is C8H9N3. The molecule has 0 aliphatic carbocycles. The van der Waals surface area contributed by atoms with E-state index in [4.69, 9.17) is 0 Å². The highest BCUT2D eigenvalue weighted by Gasteiger charge is 2.22. The van der Waals surface area contributed by atoms with Crippen molar-refractivity contribution in [1.82, 2.24) is 0 Å². The monoisotopic (exact) mass is 147 g/mol. The second kappa shape index (κ2) is 2.42. The van der Waals surface area contributed by atoms with Crippen LogP contribution < -0.4 is 0 Å². The first-order valence-corrected chi connectivity index (χ1v) is 3.63. The van der Waals surface area contributed by atoms with E-state index in [-0.39, 0.29) is 12.1 Å². The van der Waals surface area contributed by atoms with Gasteiger partial charge in [-0.25, -0.2) is 4.99 Å². The van der Waals surface area contributed by atoms with Crippen LogP contribution in [0, 0.1) is 0 Å². The van der Waals surface area contributed by atoms with Crippen molar-refractivity contribution in [2.75, 3.05) is 0 Å². The summed E-state index contributed by atoms with van der Waals surface area (Å²) < 4.78 is 0. The maximum absolute atomic E-state index is 4.24. The standard InChI is InChI=1S/C8H9N3/c1-6-2-3-10-7-4-9-5-11-8(6)7/h2-5,7-8H,1H3. The van der Waals surface area contributed by atoms with Crippen molar-refractivity contribution in [3.8, 4) is 0 Å². The summed E-state index contributed by atoms with van der Waals surface area (Å²) in [6, 6.07) is 0.350. The van der Waals surface area contributed by atoms with Gasteiger partial charge in [0.1, 0.15) is 18.4 Å². The van der Waals surface area contributed by atoms with Crippen LogP contribution in [0.1, 0.15) is 6.92 Å². The van der Waals surface area contributed by atoms with Crippen molar-refractivity contribution in [2.24, 2.45) is 15.0 Å². The first-order chi connectivity index (χ1) is 5.38. The Kier molecular flexibility index (Phi) is 1.42. The fraction of sp³-hybridized carbons (Fsp3) is 0.375. The summed E-state index contributed by atoms with van der Waals surface area (Å²) in [5.41, 5.74) is 1.26. The lowest BCUT2D eigenvalue weighted by atomic mass is 9.99. The number of nitrogens with zero attached hydrogens (tertiary/aromatic N) is 3. The Morgan fingerprint density at radius 1 is 1.36 bits per heavy atom. The quantitative estimate of drug-likeness (QED) is 0.487. The van der Waals surface area contributed by atoms with Crippen molar-refractivity contribution < 1.29 is 0 Å². The number of dihydropyridines is 1. The normalized spacial score (nSPS) is 33.4. The third-order valence-corrected chi connectivity index (χ3v) is 1.92. The van der Waals surface area contributed by atoms with E-state index in [9.17, 15) is 0 Å². The molecule has 2 unspecified atom stereocenters. The lowest BCUT2D eigenvalue weighted by molar-refractivity contribution is 0.703.